The molecule has 41 heavy (non-hydrogen) atoms. The number of allylic oxidation sites excluding steroid dienone is 3. The Hall–Kier alpha value is -4.04. The van der Waals surface area contributed by atoms with Gasteiger partial charge >= 0.3 is 0 Å². The molecule has 0 amide bonds. The Bertz CT molecular complexity index is 1180. The van der Waals surface area contributed by atoms with E-state index in [9.17, 15) is 0 Å². The van der Waals surface area contributed by atoms with Crippen molar-refractivity contribution < 1.29 is 9.47 Å². The van der Waals surface area contributed by atoms with Crippen molar-refractivity contribution in [3.63, 3.8) is 0 Å². The summed E-state index contributed by atoms with van der Waals surface area (Å²) in [5.41, 5.74) is 7.58. The van der Waals surface area contributed by atoms with Crippen molar-refractivity contribution in [2.24, 2.45) is 0 Å². The zero-order valence-electron chi connectivity index (χ0n) is 26.9. The van der Waals surface area contributed by atoms with Gasteiger partial charge in [0.1, 0.15) is 11.5 Å². The van der Waals surface area contributed by atoms with Crippen LogP contribution in [0.3, 0.4) is 0 Å². The molecule has 0 aliphatic carbocycles. The molecule has 0 radical (unpaired) electrons. The second kappa shape index (κ2) is 23.8. The van der Waals surface area contributed by atoms with Gasteiger partial charge in [0.2, 0.25) is 0 Å². The van der Waals surface area contributed by atoms with E-state index in [0.29, 0.717) is 6.61 Å². The van der Waals surface area contributed by atoms with Crippen molar-refractivity contribution in [1.82, 2.24) is 0 Å². The lowest BCUT2D eigenvalue weighted by Crippen LogP contribution is -1.90. The fourth-order valence-corrected chi connectivity index (χ4v) is 3.07. The molecule has 0 N–H and O–H groups in total. The molecule has 0 heterocycles. The number of hydrogen-bond donors (Lipinski definition) is 0. The van der Waals surface area contributed by atoms with Crippen LogP contribution in [0.5, 0.6) is 11.5 Å². The second-order valence-electron chi connectivity index (χ2n) is 9.40. The molecule has 0 spiro atoms. The van der Waals surface area contributed by atoms with Crippen LogP contribution in [0.25, 0.3) is 22.3 Å². The molecule has 0 atom stereocenters. The van der Waals surface area contributed by atoms with Crippen molar-refractivity contribution in [2.45, 2.75) is 61.8 Å². The van der Waals surface area contributed by atoms with E-state index in [-0.39, 0.29) is 0 Å². The fraction of sp³-hybridized carbons (Fsp3) is 0.282. The summed E-state index contributed by atoms with van der Waals surface area (Å²) >= 11 is 0. The van der Waals surface area contributed by atoms with Crippen LogP contribution in [0.4, 0.5) is 0 Å². The zero-order chi connectivity index (χ0) is 30.9. The third-order valence-electron chi connectivity index (χ3n) is 5.32. The Morgan fingerprint density at radius 1 is 0.634 bits per heavy atom. The van der Waals surface area contributed by atoms with Gasteiger partial charge in [-0.2, -0.15) is 0 Å². The zero-order valence-corrected chi connectivity index (χ0v) is 26.9. The summed E-state index contributed by atoms with van der Waals surface area (Å²) in [7, 11) is 1.68. The summed E-state index contributed by atoms with van der Waals surface area (Å²) in [6, 6.07) is 35.1. The molecule has 4 rings (SSSR count). The van der Waals surface area contributed by atoms with Gasteiger partial charge in [0.05, 0.1) is 13.7 Å². The van der Waals surface area contributed by atoms with Crippen LogP contribution in [0.15, 0.2) is 127 Å². The van der Waals surface area contributed by atoms with Crippen molar-refractivity contribution >= 4 is 0 Å². The topological polar surface area (TPSA) is 18.5 Å². The predicted molar refractivity (Wildman–Crippen MR) is 183 cm³/mol. The molecule has 4 aromatic rings. The highest BCUT2D eigenvalue weighted by atomic mass is 16.5. The van der Waals surface area contributed by atoms with Gasteiger partial charge in [-0.25, -0.2) is 0 Å². The molecule has 0 bridgehead atoms. The van der Waals surface area contributed by atoms with Gasteiger partial charge in [0.25, 0.3) is 0 Å². The lowest BCUT2D eigenvalue weighted by atomic mass is 10.0. The molecule has 0 aliphatic heterocycles. The minimum atomic E-state index is 0.712. The Balaban J connectivity index is 0.000000581. The first-order valence-corrected chi connectivity index (χ1v) is 14.5. The quantitative estimate of drug-likeness (QED) is 0.229. The Kier molecular flexibility index (Phi) is 21.5. The number of benzene rings is 4. The first-order valence-electron chi connectivity index (χ1n) is 14.5. The molecule has 0 saturated carbocycles. The van der Waals surface area contributed by atoms with Gasteiger partial charge in [0.15, 0.2) is 0 Å². The molecule has 4 aromatic carbocycles. The third-order valence-corrected chi connectivity index (χ3v) is 5.32. The molecule has 0 aromatic heterocycles. The first kappa shape index (κ1) is 37.0. The van der Waals surface area contributed by atoms with Crippen molar-refractivity contribution in [3.8, 4) is 33.8 Å². The highest BCUT2D eigenvalue weighted by molar-refractivity contribution is 5.65. The van der Waals surface area contributed by atoms with Gasteiger partial charge in [-0.3, -0.25) is 0 Å². The van der Waals surface area contributed by atoms with E-state index < -0.39 is 0 Å². The number of aryl methyl sites for hydroxylation is 1. The highest BCUT2D eigenvalue weighted by Crippen LogP contribution is 2.23. The van der Waals surface area contributed by atoms with Crippen LogP contribution < -0.4 is 9.47 Å². The molecule has 0 unspecified atom stereocenters. The molecule has 0 fully saturated rings. The molecule has 0 aliphatic rings. The Morgan fingerprint density at radius 3 is 1.32 bits per heavy atom. The largest absolute Gasteiger partial charge is 0.497 e. The van der Waals surface area contributed by atoms with Gasteiger partial charge < -0.3 is 9.47 Å². The van der Waals surface area contributed by atoms with Crippen molar-refractivity contribution in [2.75, 3.05) is 13.7 Å². The van der Waals surface area contributed by atoms with Gasteiger partial charge in [-0.05, 0) is 88.1 Å². The monoisotopic (exact) mass is 552 g/mol. The number of hydrogen-bond acceptors (Lipinski definition) is 2. The summed E-state index contributed by atoms with van der Waals surface area (Å²) in [5.74, 6) is 1.82. The lowest BCUT2D eigenvalue weighted by Gasteiger charge is -2.05. The van der Waals surface area contributed by atoms with E-state index in [1.54, 1.807) is 13.2 Å². The average Bonchev–Trinajstić information content (AvgIpc) is 3.00. The number of methoxy groups -OCH3 is 1. The van der Waals surface area contributed by atoms with Crippen molar-refractivity contribution in [3.05, 3.63) is 133 Å². The maximum absolute atomic E-state index is 5.42. The van der Waals surface area contributed by atoms with E-state index in [1.165, 1.54) is 39.8 Å². The lowest BCUT2D eigenvalue weighted by molar-refractivity contribution is 0.340. The van der Waals surface area contributed by atoms with Gasteiger partial charge in [-0.15, -0.1) is 6.58 Å². The van der Waals surface area contributed by atoms with Gasteiger partial charge in [-0.1, -0.05) is 122 Å². The molecular formula is C39H52O2. The van der Waals surface area contributed by atoms with E-state index in [0.717, 1.165) is 11.5 Å². The summed E-state index contributed by atoms with van der Waals surface area (Å²) < 4.78 is 10.5. The van der Waals surface area contributed by atoms with Crippen LogP contribution in [-0.2, 0) is 0 Å². The van der Waals surface area contributed by atoms with Gasteiger partial charge in [0, 0.05) is 0 Å². The van der Waals surface area contributed by atoms with Crippen LogP contribution in [-0.4, -0.2) is 13.7 Å². The smallest absolute Gasteiger partial charge is 0.119 e. The predicted octanol–water partition coefficient (Wildman–Crippen LogP) is 12.0. The summed E-state index contributed by atoms with van der Waals surface area (Å²) in [4.78, 5) is 0. The fourth-order valence-electron chi connectivity index (χ4n) is 3.07. The summed E-state index contributed by atoms with van der Waals surface area (Å²) in [6.45, 7) is 20.5. The van der Waals surface area contributed by atoms with E-state index in [1.807, 2.05) is 63.2 Å². The average molecular weight is 553 g/mol. The SMILES string of the molecule is C=CC.CC=C(C)C.CCC.CCOc1ccc(-c2ccc(C)cc2)cc1.COc1ccc(-c2ccccc2)cc1. The van der Waals surface area contributed by atoms with Crippen LogP contribution >= 0.6 is 0 Å². The molecule has 2 heteroatoms. The Labute approximate surface area is 251 Å². The van der Waals surface area contributed by atoms with Crippen LogP contribution in [0.2, 0.25) is 0 Å². The highest BCUT2D eigenvalue weighted by Gasteiger charge is 1.98. The van der Waals surface area contributed by atoms with Crippen molar-refractivity contribution in [1.29, 1.82) is 0 Å². The van der Waals surface area contributed by atoms with E-state index in [4.69, 9.17) is 9.47 Å². The maximum atomic E-state index is 5.42. The Morgan fingerprint density at radius 2 is 0.976 bits per heavy atom. The first-order chi connectivity index (χ1) is 19.8. The van der Waals surface area contributed by atoms with E-state index in [2.05, 4.69) is 108 Å². The molecule has 220 valence electrons. The van der Waals surface area contributed by atoms with Crippen LogP contribution in [0.1, 0.15) is 60.5 Å². The number of ether oxygens (including phenoxy) is 2. The standard InChI is InChI=1S/C15H16O.C13H12O.C5H10.C3H8.C3H6/c1-3-16-15-10-8-14(9-11-15)13-6-4-12(2)5-7-13;1-14-13-9-7-12(8-10-13)11-5-3-2-4-6-11;1-4-5(2)3;2*1-3-2/h4-11H,3H2,1-2H3;2-10H,1H3;4H,1-3H3;3H2,1-2H3;3H,1H2,2H3. The van der Waals surface area contributed by atoms with Crippen LogP contribution in [0, 0.1) is 6.92 Å². The summed E-state index contributed by atoms with van der Waals surface area (Å²) in [5, 5.41) is 0. The molecule has 0 saturated heterocycles. The maximum Gasteiger partial charge on any atom is 0.119 e. The minimum Gasteiger partial charge on any atom is -0.497 e. The second-order valence-corrected chi connectivity index (χ2v) is 9.40. The number of rotatable bonds is 5. The third kappa shape index (κ3) is 17.3. The molecule has 2 nitrogen and oxygen atoms in total. The van der Waals surface area contributed by atoms with E-state index >= 15 is 0 Å². The molecular weight excluding hydrogens is 500 g/mol. The minimum absolute atomic E-state index is 0.712. The summed E-state index contributed by atoms with van der Waals surface area (Å²) in [6.07, 6.45) is 5.08. The normalized spacial score (nSPS) is 8.90.